The Labute approximate surface area is 360 Å². The van der Waals surface area contributed by atoms with Gasteiger partial charge in [-0.2, -0.15) is 0 Å². The van der Waals surface area contributed by atoms with Crippen molar-refractivity contribution in [3.8, 4) is 22.3 Å². The molecule has 0 aliphatic heterocycles. The minimum atomic E-state index is -0.590. The van der Waals surface area contributed by atoms with Crippen molar-refractivity contribution in [1.29, 1.82) is 0 Å². The van der Waals surface area contributed by atoms with Crippen molar-refractivity contribution < 1.29 is 4.42 Å². The third kappa shape index (κ3) is 4.82. The summed E-state index contributed by atoms with van der Waals surface area (Å²) in [5, 5.41) is 4.62. The van der Waals surface area contributed by atoms with Gasteiger partial charge >= 0.3 is 0 Å². The highest BCUT2D eigenvalue weighted by Crippen LogP contribution is 2.63. The van der Waals surface area contributed by atoms with E-state index < -0.39 is 5.41 Å². The van der Waals surface area contributed by atoms with Crippen molar-refractivity contribution in [1.82, 2.24) is 0 Å². The summed E-state index contributed by atoms with van der Waals surface area (Å²) < 4.78 is 7.21. The van der Waals surface area contributed by atoms with Gasteiger partial charge in [-0.25, -0.2) is 0 Å². The minimum Gasteiger partial charge on any atom is -0.455 e. The highest BCUT2D eigenvalue weighted by molar-refractivity contribution is 6.19. The van der Waals surface area contributed by atoms with Gasteiger partial charge in [-0.15, -0.1) is 0 Å². The molecule has 0 saturated carbocycles. The van der Waals surface area contributed by atoms with Crippen molar-refractivity contribution in [2.45, 2.75) is 5.41 Å². The molecule has 0 bridgehead atoms. The van der Waals surface area contributed by atoms with Gasteiger partial charge in [0.15, 0.2) is 0 Å². The van der Waals surface area contributed by atoms with Crippen LogP contribution in [0.3, 0.4) is 0 Å². The number of hydrogen-bond donors (Lipinski definition) is 0. The molecule has 0 unspecified atom stereocenters. The van der Waals surface area contributed by atoms with Crippen molar-refractivity contribution in [3.63, 3.8) is 0 Å². The Morgan fingerprint density at radius 3 is 1.45 bits per heavy atom. The Kier molecular flexibility index (Phi) is 7.52. The van der Waals surface area contributed by atoms with Crippen LogP contribution >= 0.6 is 0 Å². The zero-order valence-corrected chi connectivity index (χ0v) is 33.7. The number of para-hydroxylation sites is 4. The van der Waals surface area contributed by atoms with Crippen molar-refractivity contribution in [2.24, 2.45) is 0 Å². The summed E-state index contributed by atoms with van der Waals surface area (Å²) in [6.07, 6.45) is 0. The Hall–Kier alpha value is -8.14. The van der Waals surface area contributed by atoms with Gasteiger partial charge in [0.1, 0.15) is 11.2 Å². The monoisotopic (exact) mass is 790 g/mol. The van der Waals surface area contributed by atoms with Gasteiger partial charge in [0.05, 0.1) is 11.1 Å². The third-order valence-corrected chi connectivity index (χ3v) is 13.2. The lowest BCUT2D eigenvalue weighted by Gasteiger charge is -2.40. The fourth-order valence-corrected chi connectivity index (χ4v) is 10.8. The number of nitrogens with zero attached hydrogens (tertiary/aromatic N) is 2. The van der Waals surface area contributed by atoms with Crippen LogP contribution in [0.1, 0.15) is 22.3 Å². The van der Waals surface area contributed by atoms with Crippen molar-refractivity contribution in [2.75, 3.05) is 9.80 Å². The van der Waals surface area contributed by atoms with Gasteiger partial charge in [-0.1, -0.05) is 158 Å². The molecule has 3 nitrogen and oxygen atoms in total. The van der Waals surface area contributed by atoms with Crippen LogP contribution in [0.4, 0.5) is 34.1 Å². The molecule has 2 aliphatic carbocycles. The molecule has 10 aromatic carbocycles. The summed E-state index contributed by atoms with van der Waals surface area (Å²) in [6.45, 7) is 0. The predicted octanol–water partition coefficient (Wildman–Crippen LogP) is 16.0. The maximum atomic E-state index is 7.21. The lowest BCUT2D eigenvalue weighted by atomic mass is 9.61. The molecule has 290 valence electrons. The van der Waals surface area contributed by atoms with Crippen molar-refractivity contribution in [3.05, 3.63) is 253 Å². The van der Waals surface area contributed by atoms with Gasteiger partial charge in [0, 0.05) is 50.2 Å². The first kappa shape index (κ1) is 34.7. The maximum absolute atomic E-state index is 7.21. The number of fused-ring (bicyclic) bond motifs is 13. The Morgan fingerprint density at radius 2 is 0.855 bits per heavy atom. The second-order valence-corrected chi connectivity index (χ2v) is 16.4. The molecule has 13 rings (SSSR count). The molecule has 1 spiro atoms. The zero-order valence-electron chi connectivity index (χ0n) is 33.7. The molecule has 1 aromatic heterocycles. The maximum Gasteiger partial charge on any atom is 0.143 e. The van der Waals surface area contributed by atoms with E-state index in [-0.39, 0.29) is 0 Å². The lowest BCUT2D eigenvalue weighted by molar-refractivity contribution is 0.667. The molecule has 0 saturated heterocycles. The second-order valence-electron chi connectivity index (χ2n) is 16.4. The Bertz CT molecular complexity index is 3400. The summed E-state index contributed by atoms with van der Waals surface area (Å²) in [5.74, 6) is 0. The normalized spacial score (nSPS) is 13.0. The topological polar surface area (TPSA) is 19.6 Å². The average Bonchev–Trinajstić information content (AvgIpc) is 3.86. The quantitative estimate of drug-likeness (QED) is 0.167. The molecule has 0 atom stereocenters. The smallest absolute Gasteiger partial charge is 0.143 e. The first-order valence-electron chi connectivity index (χ1n) is 21.4. The van der Waals surface area contributed by atoms with Gasteiger partial charge < -0.3 is 14.2 Å². The Morgan fingerprint density at radius 1 is 0.323 bits per heavy atom. The van der Waals surface area contributed by atoms with E-state index in [0.717, 1.165) is 61.6 Å². The molecule has 3 heteroatoms. The molecule has 62 heavy (non-hydrogen) atoms. The van der Waals surface area contributed by atoms with Crippen LogP contribution in [-0.4, -0.2) is 0 Å². The summed E-state index contributed by atoms with van der Waals surface area (Å²) in [6, 6.07) is 83.7. The predicted molar refractivity (Wildman–Crippen MR) is 257 cm³/mol. The van der Waals surface area contributed by atoms with Crippen LogP contribution < -0.4 is 9.80 Å². The van der Waals surface area contributed by atoms with Gasteiger partial charge in [-0.3, -0.25) is 0 Å². The van der Waals surface area contributed by atoms with E-state index in [4.69, 9.17) is 4.42 Å². The molecule has 0 amide bonds. The number of furan rings is 1. The largest absolute Gasteiger partial charge is 0.455 e. The number of anilines is 6. The van der Waals surface area contributed by atoms with E-state index in [2.05, 4.69) is 240 Å². The molecule has 0 radical (unpaired) electrons. The summed E-state index contributed by atoms with van der Waals surface area (Å²) >= 11 is 0. The first-order valence-corrected chi connectivity index (χ1v) is 21.4. The van der Waals surface area contributed by atoms with E-state index in [0.29, 0.717) is 0 Å². The number of benzene rings is 10. The van der Waals surface area contributed by atoms with Crippen molar-refractivity contribution >= 4 is 66.8 Å². The molecule has 11 aromatic rings. The lowest BCUT2D eigenvalue weighted by Crippen LogP contribution is -2.32. The minimum absolute atomic E-state index is 0.590. The molecular weight excluding hydrogens is 753 g/mol. The molecule has 2 aliphatic rings. The van der Waals surface area contributed by atoms with Crippen LogP contribution in [0, 0.1) is 0 Å². The van der Waals surface area contributed by atoms with Crippen LogP contribution in [0.2, 0.25) is 0 Å². The Balaban J connectivity index is 1.13. The molecule has 1 heterocycles. The van der Waals surface area contributed by atoms with Crippen LogP contribution in [0.25, 0.3) is 55.0 Å². The number of hydrogen-bond acceptors (Lipinski definition) is 3. The molecular formula is C59H38N2O. The summed E-state index contributed by atoms with van der Waals surface area (Å²) in [4.78, 5) is 4.72. The first-order chi connectivity index (χ1) is 30.8. The van der Waals surface area contributed by atoms with Gasteiger partial charge in [0.2, 0.25) is 0 Å². The van der Waals surface area contributed by atoms with Gasteiger partial charge in [-0.05, 0) is 117 Å². The van der Waals surface area contributed by atoms with Crippen LogP contribution in [0.5, 0.6) is 0 Å². The average molecular weight is 791 g/mol. The van der Waals surface area contributed by atoms with E-state index >= 15 is 0 Å². The van der Waals surface area contributed by atoms with E-state index in [1.165, 1.54) is 49.7 Å². The SMILES string of the molecule is c1ccc(N(c2ccccc2)c2ccc3oc4c5c(ccc4c3c2)C2(c3ccccc3-c3ccccc32)c2cccc3c(N(c4ccccc4)c4ccccc4)ccc-5c23)cc1. The zero-order chi connectivity index (χ0) is 40.8. The fourth-order valence-electron chi connectivity index (χ4n) is 10.8. The van der Waals surface area contributed by atoms with E-state index in [9.17, 15) is 0 Å². The van der Waals surface area contributed by atoms with Crippen LogP contribution in [-0.2, 0) is 5.41 Å². The van der Waals surface area contributed by atoms with E-state index in [1.54, 1.807) is 0 Å². The molecule has 0 N–H and O–H groups in total. The standard InChI is InChI=1S/C59H38N2O/c1-5-18-39(19-6-1)60(40-20-7-2-8-21-40)43-32-37-55-49(38-43)46-33-35-53-57(58(46)62-55)48-34-36-54(61(41-22-9-3-10-23-41)42-24-11-4-12-25-42)47-28-17-31-52(56(47)48)59(53)50-29-15-13-26-44(50)45-27-14-16-30-51(45)59/h1-38H. The fraction of sp³-hybridized carbons (Fsp3) is 0.0169. The highest BCUT2D eigenvalue weighted by atomic mass is 16.3. The second kappa shape index (κ2) is 13.4. The van der Waals surface area contributed by atoms with Gasteiger partial charge in [0.25, 0.3) is 0 Å². The van der Waals surface area contributed by atoms with E-state index in [1.807, 2.05) is 0 Å². The highest BCUT2D eigenvalue weighted by Gasteiger charge is 2.51. The summed E-state index contributed by atoms with van der Waals surface area (Å²) in [5.41, 5.74) is 17.8. The number of rotatable bonds is 6. The third-order valence-electron chi connectivity index (χ3n) is 13.2. The molecule has 0 fully saturated rings. The van der Waals surface area contributed by atoms with Crippen LogP contribution in [0.15, 0.2) is 235 Å². The summed E-state index contributed by atoms with van der Waals surface area (Å²) in [7, 11) is 0.